The number of hydrogen-bond acceptors (Lipinski definition) is 5. The minimum Gasteiger partial charge on any atom is -0.598 e. The second-order valence-electron chi connectivity index (χ2n) is 11.1. The molecule has 2 unspecified atom stereocenters. The highest BCUT2D eigenvalue weighted by molar-refractivity contribution is 7.90. The van der Waals surface area contributed by atoms with Gasteiger partial charge in [0, 0.05) is 30.4 Å². The molecule has 1 N–H and O–H groups in total. The van der Waals surface area contributed by atoms with Gasteiger partial charge in [-0.1, -0.05) is 33.8 Å². The first-order chi connectivity index (χ1) is 14.5. The zero-order valence-electron chi connectivity index (χ0n) is 21.7. The summed E-state index contributed by atoms with van der Waals surface area (Å²) in [6.07, 6.45) is 0.654. The summed E-state index contributed by atoms with van der Waals surface area (Å²) in [6.45, 7) is 21.2. The summed E-state index contributed by atoms with van der Waals surface area (Å²) in [5.74, 6) is 0.730. The van der Waals surface area contributed by atoms with Gasteiger partial charge >= 0.3 is 0 Å². The van der Waals surface area contributed by atoms with E-state index in [2.05, 4.69) is 38.6 Å². The molecule has 1 aromatic carbocycles. The van der Waals surface area contributed by atoms with E-state index in [0.717, 1.165) is 17.0 Å². The van der Waals surface area contributed by atoms with Gasteiger partial charge in [0.25, 0.3) is 5.56 Å². The number of benzene rings is 1. The Morgan fingerprint density at radius 2 is 1.81 bits per heavy atom. The SMILES string of the molecule is CCc1nc2c(C(CO[Si](C)(C)C(C)(C)C)N[S+]([O-])C(C)(C)C)cc(C)cc2c(=O)n1C. The van der Waals surface area contributed by atoms with Gasteiger partial charge in [-0.2, -0.15) is 0 Å². The van der Waals surface area contributed by atoms with Crippen molar-refractivity contribution in [2.75, 3.05) is 6.61 Å². The Balaban J connectivity index is 2.66. The number of rotatable bonds is 7. The molecule has 2 aromatic rings. The Morgan fingerprint density at radius 1 is 1.22 bits per heavy atom. The van der Waals surface area contributed by atoms with Crippen LogP contribution in [0.5, 0.6) is 0 Å². The molecule has 0 aliphatic carbocycles. The van der Waals surface area contributed by atoms with Crippen LogP contribution < -0.4 is 10.3 Å². The largest absolute Gasteiger partial charge is 0.598 e. The van der Waals surface area contributed by atoms with Crippen LogP contribution in [0, 0.1) is 6.92 Å². The number of nitrogens with one attached hydrogen (secondary N) is 1. The zero-order chi connectivity index (χ0) is 24.6. The molecule has 0 saturated heterocycles. The average molecular weight is 480 g/mol. The molecule has 0 bridgehead atoms. The van der Waals surface area contributed by atoms with Crippen LogP contribution in [-0.2, 0) is 29.3 Å². The van der Waals surface area contributed by atoms with Crippen molar-refractivity contribution in [1.29, 1.82) is 0 Å². The van der Waals surface area contributed by atoms with E-state index in [0.29, 0.717) is 23.9 Å². The van der Waals surface area contributed by atoms with E-state index in [-0.39, 0.29) is 16.6 Å². The van der Waals surface area contributed by atoms with Gasteiger partial charge in [-0.3, -0.25) is 9.36 Å². The van der Waals surface area contributed by atoms with Gasteiger partial charge in [-0.15, -0.1) is 4.72 Å². The molecule has 2 rings (SSSR count). The Morgan fingerprint density at radius 3 is 2.31 bits per heavy atom. The third kappa shape index (κ3) is 5.83. The lowest BCUT2D eigenvalue weighted by Gasteiger charge is -2.38. The molecular formula is C24H41N3O3SSi. The summed E-state index contributed by atoms with van der Waals surface area (Å²) < 4.78 is 24.1. The molecule has 8 heteroatoms. The normalized spacial score (nSPS) is 15.2. The number of aromatic nitrogens is 2. The van der Waals surface area contributed by atoms with Crippen molar-refractivity contribution in [2.45, 2.75) is 90.7 Å². The van der Waals surface area contributed by atoms with Crippen LogP contribution in [0.1, 0.15) is 71.5 Å². The van der Waals surface area contributed by atoms with Gasteiger partial charge in [0.1, 0.15) is 16.6 Å². The fourth-order valence-corrected chi connectivity index (χ4v) is 5.00. The molecule has 32 heavy (non-hydrogen) atoms. The third-order valence-corrected chi connectivity index (χ3v) is 12.5. The molecule has 0 spiro atoms. The van der Waals surface area contributed by atoms with E-state index in [1.807, 2.05) is 46.8 Å². The lowest BCUT2D eigenvalue weighted by atomic mass is 10.0. The van der Waals surface area contributed by atoms with E-state index in [4.69, 9.17) is 9.41 Å². The topological polar surface area (TPSA) is 79.2 Å². The van der Waals surface area contributed by atoms with Gasteiger partial charge in [-0.25, -0.2) is 4.98 Å². The van der Waals surface area contributed by atoms with Crippen LogP contribution in [0.25, 0.3) is 10.9 Å². The molecule has 1 aromatic heterocycles. The Labute approximate surface area is 197 Å². The van der Waals surface area contributed by atoms with Gasteiger partial charge in [0.15, 0.2) is 8.32 Å². The third-order valence-electron chi connectivity index (χ3n) is 6.36. The first kappa shape index (κ1) is 27.1. The van der Waals surface area contributed by atoms with Gasteiger partial charge in [0.2, 0.25) is 0 Å². The first-order valence-electron chi connectivity index (χ1n) is 11.3. The quantitative estimate of drug-likeness (QED) is 0.450. The smallest absolute Gasteiger partial charge is 0.261 e. The standard InChI is InChI=1S/C24H41N3O3SSi/c1-12-20-25-21-17(13-16(2)14-18(21)22(28)27(20)9)19(26-31(29)23(3,4)5)15-30-32(10,11)24(6,7)8/h13-14,19,26H,12,15H2,1-11H3. The van der Waals surface area contributed by atoms with Crippen molar-refractivity contribution >= 4 is 30.6 Å². The summed E-state index contributed by atoms with van der Waals surface area (Å²) in [5.41, 5.74) is 2.44. The fourth-order valence-electron chi connectivity index (χ4n) is 3.18. The van der Waals surface area contributed by atoms with E-state index in [1.54, 1.807) is 11.6 Å². The summed E-state index contributed by atoms with van der Waals surface area (Å²) in [4.78, 5) is 17.9. The van der Waals surface area contributed by atoms with Crippen molar-refractivity contribution in [1.82, 2.24) is 14.3 Å². The Bertz CT molecular complexity index is 1020. The minimum absolute atomic E-state index is 0.0545. The minimum atomic E-state index is -2.04. The number of fused-ring (bicyclic) bond motifs is 1. The van der Waals surface area contributed by atoms with Crippen molar-refractivity contribution in [2.24, 2.45) is 7.05 Å². The molecule has 0 fully saturated rings. The van der Waals surface area contributed by atoms with Crippen LogP contribution >= 0.6 is 0 Å². The van der Waals surface area contributed by atoms with Gasteiger partial charge < -0.3 is 8.98 Å². The van der Waals surface area contributed by atoms with E-state index >= 15 is 0 Å². The summed E-state index contributed by atoms with van der Waals surface area (Å²) in [7, 11) is -0.277. The van der Waals surface area contributed by atoms with Crippen LogP contribution in [-0.4, -0.2) is 33.8 Å². The second kappa shape index (κ2) is 9.58. The predicted octanol–water partition coefficient (Wildman–Crippen LogP) is 4.92. The average Bonchev–Trinajstić information content (AvgIpc) is 2.65. The predicted molar refractivity (Wildman–Crippen MR) is 138 cm³/mol. The van der Waals surface area contributed by atoms with Gasteiger partial charge in [-0.05, 0) is 57.5 Å². The second-order valence-corrected chi connectivity index (χ2v) is 17.9. The summed E-state index contributed by atoms with van der Waals surface area (Å²) in [6, 6.07) is 3.58. The van der Waals surface area contributed by atoms with Crippen LogP contribution in [0.2, 0.25) is 18.1 Å². The molecule has 0 aliphatic heterocycles. The molecule has 0 saturated carbocycles. The maximum absolute atomic E-state index is 13.1. The summed E-state index contributed by atoms with van der Waals surface area (Å²) >= 11 is -1.31. The number of nitrogens with zero attached hydrogens (tertiary/aromatic N) is 2. The zero-order valence-corrected chi connectivity index (χ0v) is 23.5. The van der Waals surface area contributed by atoms with Crippen molar-refractivity contribution in [3.63, 3.8) is 0 Å². The highest BCUT2D eigenvalue weighted by Gasteiger charge is 2.39. The van der Waals surface area contributed by atoms with Crippen molar-refractivity contribution < 1.29 is 8.98 Å². The maximum Gasteiger partial charge on any atom is 0.261 e. The highest BCUT2D eigenvalue weighted by Crippen LogP contribution is 2.37. The monoisotopic (exact) mass is 479 g/mol. The fraction of sp³-hybridized carbons (Fsp3) is 0.667. The number of aryl methyl sites for hydroxylation is 2. The lowest BCUT2D eigenvalue weighted by Crippen LogP contribution is -2.46. The molecule has 0 aliphatic rings. The Kier molecular flexibility index (Phi) is 8.10. The van der Waals surface area contributed by atoms with Gasteiger partial charge in [0.05, 0.1) is 17.5 Å². The molecule has 1 heterocycles. The van der Waals surface area contributed by atoms with Crippen molar-refractivity contribution in [3.05, 3.63) is 39.4 Å². The van der Waals surface area contributed by atoms with E-state index in [9.17, 15) is 9.35 Å². The molecule has 0 radical (unpaired) electrons. The maximum atomic E-state index is 13.1. The van der Waals surface area contributed by atoms with E-state index in [1.165, 1.54) is 0 Å². The van der Waals surface area contributed by atoms with Crippen molar-refractivity contribution in [3.8, 4) is 0 Å². The van der Waals surface area contributed by atoms with Crippen LogP contribution in [0.3, 0.4) is 0 Å². The lowest BCUT2D eigenvalue weighted by molar-refractivity contribution is 0.256. The molecule has 180 valence electrons. The molecule has 2 atom stereocenters. The van der Waals surface area contributed by atoms with Crippen LogP contribution in [0.15, 0.2) is 16.9 Å². The number of hydrogen-bond donors (Lipinski definition) is 1. The molecule has 0 amide bonds. The molecular weight excluding hydrogens is 438 g/mol. The molecule has 6 nitrogen and oxygen atoms in total. The highest BCUT2D eigenvalue weighted by atomic mass is 32.2. The van der Waals surface area contributed by atoms with Crippen LogP contribution in [0.4, 0.5) is 0 Å². The van der Waals surface area contributed by atoms with E-state index < -0.39 is 24.4 Å². The first-order valence-corrected chi connectivity index (χ1v) is 15.4. The summed E-state index contributed by atoms with van der Waals surface area (Å²) in [5, 5.41) is 0.638. The Hall–Kier alpha value is -1.19.